The van der Waals surface area contributed by atoms with Crippen molar-refractivity contribution in [2.45, 2.75) is 12.8 Å². The van der Waals surface area contributed by atoms with Crippen molar-refractivity contribution in [2.24, 2.45) is 0 Å². The molecule has 0 aliphatic heterocycles. The highest BCUT2D eigenvalue weighted by Gasteiger charge is 2.26. The number of fused-ring (bicyclic) bond motifs is 9. The lowest BCUT2D eigenvalue weighted by atomic mass is 9.81. The predicted octanol–water partition coefficient (Wildman–Crippen LogP) is 17.2. The molecule has 1 aliphatic carbocycles. The van der Waals surface area contributed by atoms with Crippen LogP contribution in [0.3, 0.4) is 0 Å². The van der Waals surface area contributed by atoms with Gasteiger partial charge in [0, 0.05) is 16.5 Å². The number of rotatable bonds is 6. The van der Waals surface area contributed by atoms with Crippen molar-refractivity contribution in [1.29, 1.82) is 0 Å². The zero-order valence-corrected chi connectivity index (χ0v) is 34.7. The maximum atomic E-state index is 2.56. The maximum Gasteiger partial charge on any atom is 0.0546 e. The molecule has 0 saturated carbocycles. The Bertz CT molecular complexity index is 3760. The largest absolute Gasteiger partial charge is 0.309 e. The Hall–Kier alpha value is -8.00. The summed E-state index contributed by atoms with van der Waals surface area (Å²) in [6, 6.07) is 83.6. The Morgan fingerprint density at radius 1 is 0.286 bits per heavy atom. The number of hydrogen-bond acceptors (Lipinski definition) is 1. The summed E-state index contributed by atoms with van der Waals surface area (Å²) >= 11 is 0. The summed E-state index contributed by atoms with van der Waals surface area (Å²) in [5.41, 5.74) is 13.7. The molecule has 12 aromatic carbocycles. The molecule has 0 fully saturated rings. The van der Waals surface area contributed by atoms with Crippen LogP contribution in [0.25, 0.3) is 98.0 Å². The number of benzene rings is 12. The topological polar surface area (TPSA) is 3.24 Å². The molecule has 1 heteroatoms. The third kappa shape index (κ3) is 5.56. The van der Waals surface area contributed by atoms with Crippen LogP contribution in [-0.4, -0.2) is 0 Å². The first kappa shape index (κ1) is 35.7. The highest BCUT2D eigenvalue weighted by atomic mass is 15.1. The molecule has 0 heterocycles. The van der Waals surface area contributed by atoms with Crippen LogP contribution in [-0.2, 0) is 12.8 Å². The third-order valence-electron chi connectivity index (χ3n) is 13.7. The SMILES string of the molecule is c1ccc(-c2cc(-c3ccccc3)c3c4ccccc4c4cc(N(c5ccc6c7c(cccc57)CC6)c5cc6ccccc6c6ccccc56)ccc4c3c2-c2ccccc2)cc1. The zero-order chi connectivity index (χ0) is 41.4. The molecule has 1 nitrogen and oxygen atoms in total. The van der Waals surface area contributed by atoms with Gasteiger partial charge in [0.05, 0.1) is 11.4 Å². The number of hydrogen-bond donors (Lipinski definition) is 0. The first-order chi connectivity index (χ1) is 31.3. The summed E-state index contributed by atoms with van der Waals surface area (Å²) in [5, 5.41) is 15.2. The molecule has 0 amide bonds. The Morgan fingerprint density at radius 3 is 1.57 bits per heavy atom. The van der Waals surface area contributed by atoms with Crippen molar-refractivity contribution >= 4 is 81.7 Å². The average Bonchev–Trinajstić information content (AvgIpc) is 3.79. The van der Waals surface area contributed by atoms with E-state index in [-0.39, 0.29) is 0 Å². The highest BCUT2D eigenvalue weighted by Crippen LogP contribution is 2.51. The number of nitrogens with zero attached hydrogens (tertiary/aromatic N) is 1. The van der Waals surface area contributed by atoms with E-state index in [9.17, 15) is 0 Å². The second-order valence-corrected chi connectivity index (χ2v) is 17.1. The zero-order valence-electron chi connectivity index (χ0n) is 34.7. The lowest BCUT2D eigenvalue weighted by molar-refractivity contribution is 1.02. The van der Waals surface area contributed by atoms with Crippen LogP contribution < -0.4 is 4.90 Å². The monoisotopic (exact) mass is 799 g/mol. The van der Waals surface area contributed by atoms with E-state index < -0.39 is 0 Å². The molecule has 0 unspecified atom stereocenters. The van der Waals surface area contributed by atoms with E-state index in [4.69, 9.17) is 0 Å². The van der Waals surface area contributed by atoms with E-state index in [1.165, 1.54) is 121 Å². The molecule has 0 aromatic heterocycles. The smallest absolute Gasteiger partial charge is 0.0546 e. The van der Waals surface area contributed by atoms with Gasteiger partial charge in [0.15, 0.2) is 0 Å². The predicted molar refractivity (Wildman–Crippen MR) is 270 cm³/mol. The van der Waals surface area contributed by atoms with Gasteiger partial charge in [-0.2, -0.15) is 0 Å². The van der Waals surface area contributed by atoms with Crippen LogP contribution in [0.5, 0.6) is 0 Å². The first-order valence-corrected chi connectivity index (χ1v) is 22.1. The minimum atomic E-state index is 1.09. The van der Waals surface area contributed by atoms with Crippen molar-refractivity contribution < 1.29 is 0 Å². The quantitative estimate of drug-likeness (QED) is 0.151. The fourth-order valence-corrected chi connectivity index (χ4v) is 10.9. The van der Waals surface area contributed by atoms with Crippen molar-refractivity contribution in [3.05, 3.63) is 236 Å². The molecule has 0 spiro atoms. The molecule has 0 bridgehead atoms. The van der Waals surface area contributed by atoms with Crippen LogP contribution in [0.1, 0.15) is 11.1 Å². The second-order valence-electron chi connectivity index (χ2n) is 17.1. The van der Waals surface area contributed by atoms with Crippen molar-refractivity contribution in [3.8, 4) is 33.4 Å². The standard InChI is InChI=1S/C62H41N/c1-4-17-40(18-5-1)54-39-55(41-19-6-2-7-20-41)61-51-29-15-13-27-49(51)56-38-46(34-35-52(56)62(61)60(54)42-21-8-3-9-22-42)63(57-36-33-44-32-31-43-24-16-30-53(57)59(43)44)58-37-45-23-10-11-25-47(45)48-26-12-14-28-50(48)58/h1-30,33-39H,31-32H2. The Balaban J connectivity index is 1.19. The van der Waals surface area contributed by atoms with Gasteiger partial charge in [-0.05, 0) is 142 Å². The second kappa shape index (κ2) is 14.3. The summed E-state index contributed by atoms with van der Waals surface area (Å²) in [6.45, 7) is 0. The summed E-state index contributed by atoms with van der Waals surface area (Å²) < 4.78 is 0. The van der Waals surface area contributed by atoms with Crippen molar-refractivity contribution in [2.75, 3.05) is 4.90 Å². The molecule has 0 radical (unpaired) electrons. The number of aryl methyl sites for hydroxylation is 2. The van der Waals surface area contributed by atoms with E-state index in [0.29, 0.717) is 0 Å². The molecule has 1 aliphatic rings. The van der Waals surface area contributed by atoms with E-state index >= 15 is 0 Å². The van der Waals surface area contributed by atoms with Gasteiger partial charge in [0.2, 0.25) is 0 Å². The third-order valence-corrected chi connectivity index (χ3v) is 13.7. The van der Waals surface area contributed by atoms with Gasteiger partial charge in [0.1, 0.15) is 0 Å². The molecule has 0 saturated heterocycles. The summed E-state index contributed by atoms with van der Waals surface area (Å²) in [4.78, 5) is 2.56. The van der Waals surface area contributed by atoms with Gasteiger partial charge in [-0.3, -0.25) is 0 Å². The molecular weight excluding hydrogens is 759 g/mol. The maximum absolute atomic E-state index is 2.56. The van der Waals surface area contributed by atoms with Gasteiger partial charge < -0.3 is 4.90 Å². The van der Waals surface area contributed by atoms with Gasteiger partial charge in [-0.15, -0.1) is 0 Å². The first-order valence-electron chi connectivity index (χ1n) is 22.1. The van der Waals surface area contributed by atoms with E-state index in [1.54, 1.807) is 0 Å². The lowest BCUT2D eigenvalue weighted by Crippen LogP contribution is -2.11. The fraction of sp³-hybridized carbons (Fsp3) is 0.0323. The summed E-state index contributed by atoms with van der Waals surface area (Å²) in [7, 11) is 0. The van der Waals surface area contributed by atoms with E-state index in [1.807, 2.05) is 0 Å². The molecule has 12 aromatic rings. The van der Waals surface area contributed by atoms with Gasteiger partial charge >= 0.3 is 0 Å². The minimum Gasteiger partial charge on any atom is -0.309 e. The van der Waals surface area contributed by atoms with Crippen LogP contribution in [0, 0.1) is 0 Å². The Kier molecular flexibility index (Phi) is 8.11. The van der Waals surface area contributed by atoms with Gasteiger partial charge in [-0.1, -0.05) is 194 Å². The normalized spacial score (nSPS) is 12.3. The van der Waals surface area contributed by atoms with Crippen LogP contribution in [0.15, 0.2) is 224 Å². The van der Waals surface area contributed by atoms with E-state index in [2.05, 4.69) is 229 Å². The molecule has 63 heavy (non-hydrogen) atoms. The molecular formula is C62H41N. The van der Waals surface area contributed by atoms with E-state index in [0.717, 1.165) is 18.5 Å². The molecule has 0 N–H and O–H groups in total. The Labute approximate surface area is 366 Å². The molecule has 13 rings (SSSR count). The minimum absolute atomic E-state index is 1.09. The van der Waals surface area contributed by atoms with Gasteiger partial charge in [0.25, 0.3) is 0 Å². The average molecular weight is 800 g/mol. The van der Waals surface area contributed by atoms with Crippen LogP contribution in [0.2, 0.25) is 0 Å². The highest BCUT2D eigenvalue weighted by molar-refractivity contribution is 6.33. The summed E-state index contributed by atoms with van der Waals surface area (Å²) in [5.74, 6) is 0. The van der Waals surface area contributed by atoms with Crippen molar-refractivity contribution in [3.63, 3.8) is 0 Å². The summed E-state index contributed by atoms with van der Waals surface area (Å²) in [6.07, 6.45) is 2.17. The lowest BCUT2D eigenvalue weighted by Gasteiger charge is -2.30. The van der Waals surface area contributed by atoms with Crippen LogP contribution in [0.4, 0.5) is 17.1 Å². The molecule has 0 atom stereocenters. The Morgan fingerprint density at radius 2 is 0.841 bits per heavy atom. The fourth-order valence-electron chi connectivity index (χ4n) is 10.9. The molecule has 294 valence electrons. The van der Waals surface area contributed by atoms with Crippen molar-refractivity contribution in [1.82, 2.24) is 0 Å². The van der Waals surface area contributed by atoms with Gasteiger partial charge in [-0.25, -0.2) is 0 Å². The van der Waals surface area contributed by atoms with Crippen LogP contribution >= 0.6 is 0 Å². The number of anilines is 3.